The Balaban J connectivity index is 0.929. The number of aromatic nitrogens is 8. The van der Waals surface area contributed by atoms with Crippen LogP contribution in [0.1, 0.15) is 19.2 Å². The highest BCUT2D eigenvalue weighted by Gasteiger charge is 2.26. The van der Waals surface area contributed by atoms with E-state index in [2.05, 4.69) is 137 Å². The third-order valence-corrected chi connectivity index (χ3v) is 13.3. The average molecular weight is 887 g/mol. The van der Waals surface area contributed by atoms with Gasteiger partial charge in [-0.15, -0.1) is 0 Å². The van der Waals surface area contributed by atoms with Gasteiger partial charge in [-0.3, -0.25) is 0 Å². The lowest BCUT2D eigenvalue weighted by molar-refractivity contribution is 0.740. The maximum Gasteiger partial charge on any atom is 0.164 e. The zero-order chi connectivity index (χ0) is 45.8. The summed E-state index contributed by atoms with van der Waals surface area (Å²) in [4.78, 5) is 30.0. The molecule has 0 aliphatic heterocycles. The lowest BCUT2D eigenvalue weighted by atomic mass is 9.90. The lowest BCUT2D eigenvalue weighted by Gasteiger charge is -2.23. The van der Waals surface area contributed by atoms with Gasteiger partial charge < -0.3 is 9.13 Å². The van der Waals surface area contributed by atoms with Crippen molar-refractivity contribution in [1.82, 2.24) is 39.0 Å². The first-order valence-corrected chi connectivity index (χ1v) is 23.3. The minimum Gasteiger partial charge on any atom is -0.313 e. The van der Waals surface area contributed by atoms with E-state index in [1.165, 1.54) is 38.3 Å². The molecule has 0 radical (unpaired) electrons. The molecule has 8 heteroatoms. The van der Waals surface area contributed by atoms with E-state index in [4.69, 9.17) is 29.9 Å². The summed E-state index contributed by atoms with van der Waals surface area (Å²) in [5.41, 5.74) is 12.7. The molecule has 8 aromatic carbocycles. The summed E-state index contributed by atoms with van der Waals surface area (Å²) in [6, 6.07) is 71.3. The predicted molar refractivity (Wildman–Crippen MR) is 280 cm³/mol. The second kappa shape index (κ2) is 16.6. The van der Waals surface area contributed by atoms with E-state index in [1.54, 1.807) is 0 Å². The number of hydrogen-bond acceptors (Lipinski definition) is 6. The van der Waals surface area contributed by atoms with E-state index in [-0.39, 0.29) is 5.92 Å². The summed E-state index contributed by atoms with van der Waals surface area (Å²) < 4.78 is 4.85. The molecule has 69 heavy (non-hydrogen) atoms. The van der Waals surface area contributed by atoms with Crippen molar-refractivity contribution in [1.29, 1.82) is 0 Å². The number of hydrogen-bond donors (Lipinski definition) is 0. The van der Waals surface area contributed by atoms with Gasteiger partial charge in [0.2, 0.25) is 0 Å². The fourth-order valence-corrected chi connectivity index (χ4v) is 10.0. The molecule has 0 spiro atoms. The molecule has 8 nitrogen and oxygen atoms in total. The minimum absolute atomic E-state index is 0.136. The van der Waals surface area contributed by atoms with Gasteiger partial charge in [0.25, 0.3) is 0 Å². The normalized spacial score (nSPS) is 13.8. The third kappa shape index (κ3) is 7.00. The second-order valence-corrected chi connectivity index (χ2v) is 17.6. The zero-order valence-electron chi connectivity index (χ0n) is 37.6. The van der Waals surface area contributed by atoms with E-state index >= 15 is 0 Å². The summed E-state index contributed by atoms with van der Waals surface area (Å²) in [5, 5.41) is 4.89. The molecule has 4 aromatic heterocycles. The largest absolute Gasteiger partial charge is 0.313 e. The molecule has 0 saturated carbocycles. The fraction of sp³-hybridized carbons (Fsp3) is 0.0492. The van der Waals surface area contributed by atoms with Crippen molar-refractivity contribution in [3.8, 4) is 62.6 Å². The number of para-hydroxylation sites is 2. The Morgan fingerprint density at radius 3 is 1.13 bits per heavy atom. The van der Waals surface area contributed by atoms with Crippen molar-refractivity contribution >= 4 is 54.9 Å². The summed E-state index contributed by atoms with van der Waals surface area (Å²) in [7, 11) is 0. The SMILES string of the molecule is CC1CC(n2c3ccccc3c3c4c5ccccc5n(-c5ccc(-c6nc(-c7ccccc7)nc(-c7ccccc7)n6)cc5)c4ccc32)=CC=C1c1nc(-c2ccccc2)nc(-c2ccccc2)n1. The molecule has 326 valence electrons. The molecule has 1 unspecified atom stereocenters. The van der Waals surface area contributed by atoms with E-state index in [0.29, 0.717) is 34.9 Å². The highest BCUT2D eigenvalue weighted by Crippen LogP contribution is 2.44. The first kappa shape index (κ1) is 40.2. The van der Waals surface area contributed by atoms with Gasteiger partial charge in [0.15, 0.2) is 34.9 Å². The molecule has 1 aliphatic carbocycles. The lowest BCUT2D eigenvalue weighted by Crippen LogP contribution is -2.12. The molecule has 1 atom stereocenters. The maximum atomic E-state index is 5.09. The molecule has 0 amide bonds. The van der Waals surface area contributed by atoms with Crippen LogP contribution < -0.4 is 0 Å². The Morgan fingerprint density at radius 2 is 0.696 bits per heavy atom. The highest BCUT2D eigenvalue weighted by atomic mass is 15.1. The van der Waals surface area contributed by atoms with Gasteiger partial charge in [-0.25, -0.2) is 29.9 Å². The topological polar surface area (TPSA) is 87.2 Å². The van der Waals surface area contributed by atoms with Gasteiger partial charge in [-0.05, 0) is 66.9 Å². The monoisotopic (exact) mass is 886 g/mol. The molecular weight excluding hydrogens is 845 g/mol. The molecule has 4 heterocycles. The summed E-state index contributed by atoms with van der Waals surface area (Å²) in [6.45, 7) is 2.28. The van der Waals surface area contributed by atoms with Crippen molar-refractivity contribution in [2.45, 2.75) is 13.3 Å². The third-order valence-electron chi connectivity index (χ3n) is 13.3. The van der Waals surface area contributed by atoms with Crippen molar-refractivity contribution in [2.75, 3.05) is 0 Å². The van der Waals surface area contributed by atoms with Crippen LogP contribution >= 0.6 is 0 Å². The van der Waals surface area contributed by atoms with E-state index in [9.17, 15) is 0 Å². The van der Waals surface area contributed by atoms with Crippen LogP contribution in [0.3, 0.4) is 0 Å². The highest BCUT2D eigenvalue weighted by molar-refractivity contribution is 6.29. The van der Waals surface area contributed by atoms with Crippen molar-refractivity contribution < 1.29 is 0 Å². The van der Waals surface area contributed by atoms with E-state index in [1.807, 2.05) is 97.1 Å². The van der Waals surface area contributed by atoms with Gasteiger partial charge in [0.05, 0.1) is 22.1 Å². The molecular formula is C61H42N8. The predicted octanol–water partition coefficient (Wildman–Crippen LogP) is 14.6. The van der Waals surface area contributed by atoms with Gasteiger partial charge in [0, 0.05) is 66.3 Å². The number of rotatable bonds is 8. The fourth-order valence-electron chi connectivity index (χ4n) is 10.0. The van der Waals surface area contributed by atoms with Crippen LogP contribution in [-0.4, -0.2) is 39.0 Å². The zero-order valence-corrected chi connectivity index (χ0v) is 37.6. The molecule has 12 aromatic rings. The standard InChI is InChI=1S/C61H42N8/c1-39-38-46(34-35-47(39)61-66-58(42-22-10-4-11-23-42)65-59(67-61)43-24-12-5-13-25-43)69-51-29-17-15-27-49(51)55-53(69)37-36-52-54(55)48-26-14-16-28-50(48)68(52)45-32-30-44(31-33-45)60-63-56(40-18-6-2-7-19-40)62-57(64-60)41-20-8-3-9-21-41/h2-37,39H,38H2,1H3. The number of nitrogens with zero attached hydrogens (tertiary/aromatic N) is 8. The van der Waals surface area contributed by atoms with Gasteiger partial charge >= 0.3 is 0 Å². The molecule has 0 N–H and O–H groups in total. The van der Waals surface area contributed by atoms with Crippen LogP contribution in [0.4, 0.5) is 0 Å². The average Bonchev–Trinajstić information content (AvgIpc) is 3.94. The quantitative estimate of drug-likeness (QED) is 0.151. The molecule has 0 fully saturated rings. The Hall–Kier alpha value is -9.14. The minimum atomic E-state index is 0.136. The molecule has 13 rings (SSSR count). The van der Waals surface area contributed by atoms with Crippen LogP contribution in [0.2, 0.25) is 0 Å². The van der Waals surface area contributed by atoms with Crippen LogP contribution in [0.15, 0.2) is 218 Å². The Bertz CT molecular complexity index is 3850. The summed E-state index contributed by atoms with van der Waals surface area (Å²) in [6.07, 6.45) is 5.29. The maximum absolute atomic E-state index is 5.09. The number of fused-ring (bicyclic) bond motifs is 7. The van der Waals surface area contributed by atoms with Gasteiger partial charge in [0.1, 0.15) is 0 Å². The Labute approximate surface area is 398 Å². The Kier molecular flexibility index (Phi) is 9.68. The van der Waals surface area contributed by atoms with Crippen LogP contribution in [0, 0.1) is 5.92 Å². The first-order chi connectivity index (χ1) is 34.1. The second-order valence-electron chi connectivity index (χ2n) is 17.6. The van der Waals surface area contributed by atoms with Crippen molar-refractivity contribution in [3.63, 3.8) is 0 Å². The number of benzene rings is 8. The number of allylic oxidation sites excluding steroid dienone is 4. The van der Waals surface area contributed by atoms with Crippen molar-refractivity contribution in [2.24, 2.45) is 5.92 Å². The Morgan fingerprint density at radius 1 is 0.333 bits per heavy atom. The summed E-state index contributed by atoms with van der Waals surface area (Å²) >= 11 is 0. The van der Waals surface area contributed by atoms with Crippen LogP contribution in [-0.2, 0) is 0 Å². The molecule has 0 bridgehead atoms. The van der Waals surface area contributed by atoms with E-state index in [0.717, 1.165) is 56.5 Å². The van der Waals surface area contributed by atoms with E-state index < -0.39 is 0 Å². The van der Waals surface area contributed by atoms with Gasteiger partial charge in [-0.2, -0.15) is 0 Å². The summed E-state index contributed by atoms with van der Waals surface area (Å²) in [5.74, 6) is 4.09. The van der Waals surface area contributed by atoms with Crippen LogP contribution in [0.25, 0.3) is 118 Å². The first-order valence-electron chi connectivity index (χ1n) is 23.3. The van der Waals surface area contributed by atoms with Crippen molar-refractivity contribution in [3.05, 3.63) is 224 Å². The van der Waals surface area contributed by atoms with Crippen LogP contribution in [0.5, 0.6) is 0 Å². The molecule has 1 aliphatic rings. The van der Waals surface area contributed by atoms with Gasteiger partial charge in [-0.1, -0.05) is 171 Å². The smallest absolute Gasteiger partial charge is 0.164 e. The molecule has 0 saturated heterocycles.